The molecule has 15 heavy (non-hydrogen) atoms. The van der Waals surface area contributed by atoms with Crippen LogP contribution >= 0.6 is 15.9 Å². The van der Waals surface area contributed by atoms with E-state index in [9.17, 15) is 0 Å². The number of anilines is 1. The predicted octanol–water partition coefficient (Wildman–Crippen LogP) is 3.33. The maximum Gasteiger partial charge on any atom is 0.135 e. The van der Waals surface area contributed by atoms with Crippen LogP contribution in [-0.2, 0) is 0 Å². The lowest BCUT2D eigenvalue weighted by Crippen LogP contribution is -2.05. The van der Waals surface area contributed by atoms with E-state index in [4.69, 9.17) is 0 Å². The molecule has 0 aromatic carbocycles. The summed E-state index contributed by atoms with van der Waals surface area (Å²) in [6.45, 7) is 3.18. The van der Waals surface area contributed by atoms with Crippen molar-refractivity contribution in [2.45, 2.75) is 38.5 Å². The van der Waals surface area contributed by atoms with Gasteiger partial charge in [0.05, 0.1) is 0 Å². The zero-order valence-corrected chi connectivity index (χ0v) is 10.5. The number of aromatic nitrogens is 2. The summed E-state index contributed by atoms with van der Waals surface area (Å²) in [5, 5.41) is 3.33. The summed E-state index contributed by atoms with van der Waals surface area (Å²) in [4.78, 5) is 8.90. The van der Waals surface area contributed by atoms with Crippen molar-refractivity contribution in [2.75, 3.05) is 11.9 Å². The Morgan fingerprint density at radius 1 is 1.47 bits per heavy atom. The molecule has 0 atom stereocenters. The van der Waals surface area contributed by atoms with Crippen LogP contribution in [0.5, 0.6) is 0 Å². The highest BCUT2D eigenvalue weighted by molar-refractivity contribution is 9.10. The summed E-state index contributed by atoms with van der Waals surface area (Å²) in [5.41, 5.74) is 0. The van der Waals surface area contributed by atoms with E-state index in [1.54, 1.807) is 0 Å². The summed E-state index contributed by atoms with van der Waals surface area (Å²) in [5.74, 6) is 2.55. The Labute approximate surface area is 98.8 Å². The molecule has 1 aromatic rings. The maximum atomic E-state index is 4.52. The van der Waals surface area contributed by atoms with Crippen LogP contribution in [0.25, 0.3) is 0 Å². The fourth-order valence-electron chi connectivity index (χ4n) is 1.44. The van der Waals surface area contributed by atoms with Gasteiger partial charge < -0.3 is 5.32 Å². The molecular weight excluding hydrogens is 254 g/mol. The molecule has 3 nitrogen and oxygen atoms in total. The van der Waals surface area contributed by atoms with E-state index in [2.05, 4.69) is 38.1 Å². The van der Waals surface area contributed by atoms with Crippen LogP contribution in [0.15, 0.2) is 10.7 Å². The average Bonchev–Trinajstić information content (AvgIpc) is 3.00. The van der Waals surface area contributed by atoms with Crippen LogP contribution in [-0.4, -0.2) is 16.5 Å². The predicted molar refractivity (Wildman–Crippen MR) is 65.1 cm³/mol. The van der Waals surface area contributed by atoms with Gasteiger partial charge in [0.25, 0.3) is 0 Å². The first kappa shape index (κ1) is 10.9. The number of hydrogen-bond donors (Lipinski definition) is 1. The van der Waals surface area contributed by atoms with Crippen molar-refractivity contribution in [3.63, 3.8) is 0 Å². The Hall–Kier alpha value is -0.640. The van der Waals surface area contributed by atoms with Crippen molar-refractivity contribution in [1.29, 1.82) is 0 Å². The highest BCUT2D eigenvalue weighted by atomic mass is 79.9. The van der Waals surface area contributed by atoms with E-state index in [0.717, 1.165) is 22.8 Å². The first-order valence-electron chi connectivity index (χ1n) is 5.58. The number of hydrogen-bond acceptors (Lipinski definition) is 3. The Morgan fingerprint density at radius 2 is 2.27 bits per heavy atom. The van der Waals surface area contributed by atoms with Gasteiger partial charge in [-0.05, 0) is 35.2 Å². The summed E-state index contributed by atoms with van der Waals surface area (Å²) >= 11 is 3.43. The molecule has 0 amide bonds. The molecule has 1 aliphatic rings. The first-order chi connectivity index (χ1) is 7.29. The van der Waals surface area contributed by atoms with Gasteiger partial charge in [-0.3, -0.25) is 0 Å². The zero-order valence-electron chi connectivity index (χ0n) is 8.96. The number of halogens is 1. The highest BCUT2D eigenvalue weighted by Crippen LogP contribution is 2.38. The molecule has 0 unspecified atom stereocenters. The SMILES string of the molecule is CCCCNc1cc(Br)nc(C2CC2)n1. The number of rotatable bonds is 5. The Bertz CT molecular complexity index is 337. The van der Waals surface area contributed by atoms with Crippen molar-refractivity contribution < 1.29 is 0 Å². The third-order valence-corrected chi connectivity index (χ3v) is 2.90. The molecule has 4 heteroatoms. The van der Waals surface area contributed by atoms with Crippen molar-refractivity contribution in [2.24, 2.45) is 0 Å². The second kappa shape index (κ2) is 4.92. The van der Waals surface area contributed by atoms with Gasteiger partial charge in [-0.25, -0.2) is 9.97 Å². The highest BCUT2D eigenvalue weighted by Gasteiger charge is 2.27. The van der Waals surface area contributed by atoms with E-state index in [-0.39, 0.29) is 0 Å². The molecule has 1 N–H and O–H groups in total. The third-order valence-electron chi connectivity index (χ3n) is 2.49. The summed E-state index contributed by atoms with van der Waals surface area (Å²) in [6, 6.07) is 1.95. The number of nitrogens with one attached hydrogen (secondary N) is 1. The van der Waals surface area contributed by atoms with Crippen LogP contribution in [0.2, 0.25) is 0 Å². The molecule has 1 aliphatic carbocycles. The summed E-state index contributed by atoms with van der Waals surface area (Å²) in [7, 11) is 0. The van der Waals surface area contributed by atoms with Crippen molar-refractivity contribution in [3.8, 4) is 0 Å². The molecular formula is C11H16BrN3. The topological polar surface area (TPSA) is 37.8 Å². The van der Waals surface area contributed by atoms with Gasteiger partial charge in [-0.15, -0.1) is 0 Å². The zero-order chi connectivity index (χ0) is 10.7. The van der Waals surface area contributed by atoms with Gasteiger partial charge in [0, 0.05) is 18.5 Å². The van der Waals surface area contributed by atoms with E-state index in [1.165, 1.54) is 25.7 Å². The monoisotopic (exact) mass is 269 g/mol. The van der Waals surface area contributed by atoms with E-state index < -0.39 is 0 Å². The molecule has 0 saturated heterocycles. The molecule has 1 heterocycles. The van der Waals surface area contributed by atoms with E-state index in [0.29, 0.717) is 5.92 Å². The lowest BCUT2D eigenvalue weighted by molar-refractivity contribution is 0.825. The van der Waals surface area contributed by atoms with Gasteiger partial charge in [0.15, 0.2) is 0 Å². The van der Waals surface area contributed by atoms with Gasteiger partial charge >= 0.3 is 0 Å². The lowest BCUT2D eigenvalue weighted by atomic mass is 10.3. The van der Waals surface area contributed by atoms with Crippen LogP contribution in [0.4, 0.5) is 5.82 Å². The smallest absolute Gasteiger partial charge is 0.135 e. The second-order valence-electron chi connectivity index (χ2n) is 3.99. The fourth-order valence-corrected chi connectivity index (χ4v) is 1.84. The molecule has 0 bridgehead atoms. The minimum Gasteiger partial charge on any atom is -0.370 e. The number of unbranched alkanes of at least 4 members (excludes halogenated alkanes) is 1. The Balaban J connectivity index is 2.02. The molecule has 1 fully saturated rings. The van der Waals surface area contributed by atoms with Crippen LogP contribution in [0.3, 0.4) is 0 Å². The van der Waals surface area contributed by atoms with Crippen molar-refractivity contribution in [3.05, 3.63) is 16.5 Å². The summed E-state index contributed by atoms with van der Waals surface area (Å²) < 4.78 is 0.887. The van der Waals surface area contributed by atoms with Crippen LogP contribution in [0, 0.1) is 0 Å². The van der Waals surface area contributed by atoms with Gasteiger partial charge in [0.2, 0.25) is 0 Å². The van der Waals surface area contributed by atoms with Crippen LogP contribution in [0.1, 0.15) is 44.3 Å². The summed E-state index contributed by atoms with van der Waals surface area (Å²) in [6.07, 6.45) is 4.87. The molecule has 0 radical (unpaired) electrons. The molecule has 82 valence electrons. The molecule has 1 aromatic heterocycles. The fraction of sp³-hybridized carbons (Fsp3) is 0.636. The molecule has 0 aliphatic heterocycles. The normalized spacial score (nSPS) is 15.3. The van der Waals surface area contributed by atoms with E-state index >= 15 is 0 Å². The molecule has 0 spiro atoms. The van der Waals surface area contributed by atoms with E-state index in [1.807, 2.05) is 6.07 Å². The van der Waals surface area contributed by atoms with Gasteiger partial charge in [-0.1, -0.05) is 13.3 Å². The minimum absolute atomic E-state index is 0.606. The quantitative estimate of drug-likeness (QED) is 0.658. The lowest BCUT2D eigenvalue weighted by Gasteiger charge is -2.06. The largest absolute Gasteiger partial charge is 0.370 e. The van der Waals surface area contributed by atoms with Gasteiger partial charge in [-0.2, -0.15) is 0 Å². The van der Waals surface area contributed by atoms with Crippen LogP contribution < -0.4 is 5.32 Å². The first-order valence-corrected chi connectivity index (χ1v) is 6.37. The minimum atomic E-state index is 0.606. The number of nitrogens with zero attached hydrogens (tertiary/aromatic N) is 2. The third kappa shape index (κ3) is 3.16. The standard InChI is InChI=1S/C11H16BrN3/c1-2-3-6-13-10-7-9(12)14-11(15-10)8-4-5-8/h7-8H,2-6H2,1H3,(H,13,14,15). The Morgan fingerprint density at radius 3 is 2.93 bits per heavy atom. The maximum absolute atomic E-state index is 4.52. The van der Waals surface area contributed by atoms with Gasteiger partial charge in [0.1, 0.15) is 16.2 Å². The van der Waals surface area contributed by atoms with Crippen molar-refractivity contribution in [1.82, 2.24) is 9.97 Å². The molecule has 2 rings (SSSR count). The average molecular weight is 270 g/mol. The second-order valence-corrected chi connectivity index (χ2v) is 4.80. The molecule has 1 saturated carbocycles. The Kier molecular flexibility index (Phi) is 3.57. The van der Waals surface area contributed by atoms with Crippen molar-refractivity contribution >= 4 is 21.7 Å².